The average molecular weight is 607 g/mol. The van der Waals surface area contributed by atoms with Gasteiger partial charge in [-0.2, -0.15) is 0 Å². The van der Waals surface area contributed by atoms with E-state index in [0.717, 1.165) is 29.2 Å². The Labute approximate surface area is 267 Å². The lowest BCUT2D eigenvalue weighted by Crippen LogP contribution is -2.36. The first-order chi connectivity index (χ1) is 21.1. The summed E-state index contributed by atoms with van der Waals surface area (Å²) in [7, 11) is 0. The molecule has 0 aliphatic heterocycles. The molecule has 5 heteroatoms. The van der Waals surface area contributed by atoms with Gasteiger partial charge in [0.2, 0.25) is 0 Å². The monoisotopic (exact) mass is 606 g/mol. The van der Waals surface area contributed by atoms with Crippen molar-refractivity contribution in [2.45, 2.75) is 117 Å². The summed E-state index contributed by atoms with van der Waals surface area (Å²) in [5, 5.41) is 20.6. The Morgan fingerprint density at radius 3 is 2.41 bits per heavy atom. The van der Waals surface area contributed by atoms with E-state index in [0.29, 0.717) is 25.4 Å². The van der Waals surface area contributed by atoms with Crippen molar-refractivity contribution in [1.82, 2.24) is 0 Å². The number of rotatable bonds is 17. The summed E-state index contributed by atoms with van der Waals surface area (Å²) >= 11 is 0. The average Bonchev–Trinajstić information content (AvgIpc) is 3.03. The van der Waals surface area contributed by atoms with Crippen molar-refractivity contribution >= 4 is 5.97 Å². The molecule has 1 saturated carbocycles. The molecule has 0 aromatic heterocycles. The zero-order chi connectivity index (χ0) is 32.1. The van der Waals surface area contributed by atoms with E-state index >= 15 is 0 Å². The Bertz CT molecular complexity index is 1170. The Balaban J connectivity index is 1.76. The number of aryl methyl sites for hydroxylation is 1. The van der Waals surface area contributed by atoms with Crippen LogP contribution in [-0.4, -0.2) is 42.1 Å². The minimum Gasteiger partial charge on any atom is -0.493 e. The zero-order valence-corrected chi connectivity index (χ0v) is 28.1. The molecule has 2 aromatic carbocycles. The summed E-state index contributed by atoms with van der Waals surface area (Å²) in [4.78, 5) is 11.7. The molecule has 0 spiro atoms. The Morgan fingerprint density at radius 1 is 1.02 bits per heavy atom. The van der Waals surface area contributed by atoms with E-state index in [1.165, 1.54) is 74.1 Å². The van der Waals surface area contributed by atoms with Crippen molar-refractivity contribution in [2.75, 3.05) is 19.8 Å². The van der Waals surface area contributed by atoms with Gasteiger partial charge in [0.25, 0.3) is 0 Å². The van der Waals surface area contributed by atoms with Crippen LogP contribution >= 0.6 is 0 Å². The van der Waals surface area contributed by atoms with Gasteiger partial charge in [-0.15, -0.1) is 0 Å². The molecule has 0 saturated heterocycles. The van der Waals surface area contributed by atoms with Crippen LogP contribution in [0, 0.1) is 17.3 Å². The topological polar surface area (TPSA) is 76.0 Å². The van der Waals surface area contributed by atoms with Crippen LogP contribution in [0.15, 0.2) is 49.1 Å². The van der Waals surface area contributed by atoms with Crippen LogP contribution in [0.4, 0.5) is 0 Å². The van der Waals surface area contributed by atoms with E-state index in [1.807, 2.05) is 26.8 Å². The van der Waals surface area contributed by atoms with E-state index in [9.17, 15) is 15.0 Å². The maximum atomic E-state index is 11.7. The highest BCUT2D eigenvalue weighted by Crippen LogP contribution is 2.40. The third-order valence-electron chi connectivity index (χ3n) is 9.51. The number of carbonyl (C=O) groups is 1. The van der Waals surface area contributed by atoms with Gasteiger partial charge in [-0.25, -0.2) is 4.79 Å². The second-order valence-corrected chi connectivity index (χ2v) is 13.8. The fourth-order valence-electron chi connectivity index (χ4n) is 6.69. The lowest BCUT2D eigenvalue weighted by Gasteiger charge is -2.32. The van der Waals surface area contributed by atoms with Gasteiger partial charge in [-0.1, -0.05) is 91.1 Å². The number of benzene rings is 2. The van der Waals surface area contributed by atoms with Crippen molar-refractivity contribution in [2.24, 2.45) is 17.3 Å². The Hall–Kier alpha value is -2.63. The molecule has 2 aromatic rings. The number of hydrogen-bond acceptors (Lipinski definition) is 5. The molecule has 2 N–H and O–H groups in total. The van der Waals surface area contributed by atoms with Crippen LogP contribution < -0.4 is 4.74 Å². The molecular formula is C39H58O5. The van der Waals surface area contributed by atoms with Crippen LogP contribution in [0.2, 0.25) is 0 Å². The number of unbranched alkanes of at least 4 members (excludes halogenated alkanes) is 2. The molecule has 1 aliphatic rings. The van der Waals surface area contributed by atoms with E-state index in [1.54, 1.807) is 0 Å². The van der Waals surface area contributed by atoms with Gasteiger partial charge in [0.1, 0.15) is 5.75 Å². The molecule has 3 rings (SSSR count). The van der Waals surface area contributed by atoms with Crippen LogP contribution in [0.25, 0.3) is 11.1 Å². The SMILES string of the molecule is C=CC(=O)OCCc1cc(-c2ccc(C3CCC(CCCCC)CC3)cc2CC)ccc1OCCC(CO)C(O)C(C)(C)C. The summed E-state index contributed by atoms with van der Waals surface area (Å²) in [6.07, 6.45) is 13.3. The molecule has 2 atom stereocenters. The molecule has 0 amide bonds. The number of aliphatic hydroxyl groups excluding tert-OH is 2. The van der Waals surface area contributed by atoms with Gasteiger partial charge in [0.05, 0.1) is 19.3 Å². The maximum absolute atomic E-state index is 11.7. The van der Waals surface area contributed by atoms with Gasteiger partial charge in [-0.3, -0.25) is 0 Å². The van der Waals surface area contributed by atoms with Crippen LogP contribution in [-0.2, 0) is 22.4 Å². The van der Waals surface area contributed by atoms with Gasteiger partial charge in [0, 0.05) is 25.0 Å². The predicted octanol–water partition coefficient (Wildman–Crippen LogP) is 8.83. The highest BCUT2D eigenvalue weighted by molar-refractivity contribution is 5.81. The lowest BCUT2D eigenvalue weighted by atomic mass is 9.76. The highest BCUT2D eigenvalue weighted by atomic mass is 16.5. The summed E-state index contributed by atoms with van der Waals surface area (Å²) in [5.74, 6) is 1.58. The molecule has 0 bridgehead atoms. The molecule has 1 fully saturated rings. The first-order valence-electron chi connectivity index (χ1n) is 17.1. The molecule has 2 unspecified atom stereocenters. The maximum Gasteiger partial charge on any atom is 0.330 e. The number of ether oxygens (including phenoxy) is 2. The van der Waals surface area contributed by atoms with Gasteiger partial charge < -0.3 is 19.7 Å². The second-order valence-electron chi connectivity index (χ2n) is 13.8. The fraction of sp³-hybridized carbons (Fsp3) is 0.615. The molecule has 0 heterocycles. The molecular weight excluding hydrogens is 548 g/mol. The third-order valence-corrected chi connectivity index (χ3v) is 9.51. The van der Waals surface area contributed by atoms with Crippen molar-refractivity contribution < 1.29 is 24.5 Å². The molecule has 5 nitrogen and oxygen atoms in total. The van der Waals surface area contributed by atoms with E-state index < -0.39 is 12.1 Å². The minimum absolute atomic E-state index is 0.0959. The molecule has 1 aliphatic carbocycles. The van der Waals surface area contributed by atoms with Crippen molar-refractivity contribution in [3.8, 4) is 16.9 Å². The number of aliphatic hydroxyl groups is 2. The first-order valence-corrected chi connectivity index (χ1v) is 17.1. The zero-order valence-electron chi connectivity index (χ0n) is 28.1. The van der Waals surface area contributed by atoms with Gasteiger partial charge in [0.15, 0.2) is 0 Å². The van der Waals surface area contributed by atoms with E-state index in [2.05, 4.69) is 50.8 Å². The van der Waals surface area contributed by atoms with E-state index in [4.69, 9.17) is 9.47 Å². The summed E-state index contributed by atoms with van der Waals surface area (Å²) < 4.78 is 11.5. The number of hydrogen-bond donors (Lipinski definition) is 2. The molecule has 244 valence electrons. The smallest absolute Gasteiger partial charge is 0.330 e. The predicted molar refractivity (Wildman–Crippen MR) is 181 cm³/mol. The standard InChI is InChI=1S/C39H58O5/c1-7-10-11-12-28-13-15-30(16-14-28)31-17-19-35(29(8-2)25-31)32-18-20-36(33(26-32)21-24-44-37(41)9-3)43-23-22-34(27-40)38(42)39(4,5)6/h9,17-20,25-26,28,30,34,38,40,42H,3,7-8,10-16,21-24,27H2,1-2,4-6H3. The van der Waals surface area contributed by atoms with Crippen molar-refractivity contribution in [3.05, 3.63) is 65.7 Å². The molecule has 0 radical (unpaired) electrons. The van der Waals surface area contributed by atoms with Gasteiger partial charge >= 0.3 is 5.97 Å². The van der Waals surface area contributed by atoms with E-state index in [-0.39, 0.29) is 24.5 Å². The Kier molecular flexibility index (Phi) is 14.5. The quantitative estimate of drug-likeness (QED) is 0.107. The number of esters is 1. The normalized spacial score (nSPS) is 18.4. The highest BCUT2D eigenvalue weighted by Gasteiger charge is 2.30. The van der Waals surface area contributed by atoms with Gasteiger partial charge in [-0.05, 0) is 95.7 Å². The fourth-order valence-corrected chi connectivity index (χ4v) is 6.69. The largest absolute Gasteiger partial charge is 0.493 e. The Morgan fingerprint density at radius 2 is 1.77 bits per heavy atom. The minimum atomic E-state index is -0.632. The van der Waals surface area contributed by atoms with Crippen LogP contribution in [0.5, 0.6) is 5.75 Å². The summed E-state index contributed by atoms with van der Waals surface area (Å²) in [6.45, 7) is 14.4. The molecule has 44 heavy (non-hydrogen) atoms. The first kappa shape index (κ1) is 35.8. The van der Waals surface area contributed by atoms with Crippen molar-refractivity contribution in [1.29, 1.82) is 0 Å². The summed E-state index contributed by atoms with van der Waals surface area (Å²) in [5.41, 5.74) is 5.83. The third kappa shape index (κ3) is 10.5. The number of carbonyl (C=O) groups excluding carboxylic acids is 1. The lowest BCUT2D eigenvalue weighted by molar-refractivity contribution is -0.137. The second kappa shape index (κ2) is 17.8. The van der Waals surface area contributed by atoms with Crippen LogP contribution in [0.3, 0.4) is 0 Å². The summed E-state index contributed by atoms with van der Waals surface area (Å²) in [6, 6.07) is 13.3. The van der Waals surface area contributed by atoms with Crippen LogP contribution in [0.1, 0.15) is 115 Å². The van der Waals surface area contributed by atoms with Crippen molar-refractivity contribution in [3.63, 3.8) is 0 Å².